The molecule has 1 nitrogen and oxygen atoms in total. The van der Waals surface area contributed by atoms with Gasteiger partial charge in [-0.15, -0.1) is 0 Å². The van der Waals surface area contributed by atoms with Gasteiger partial charge < -0.3 is 4.74 Å². The van der Waals surface area contributed by atoms with Gasteiger partial charge in [-0.05, 0) is 47.3 Å². The summed E-state index contributed by atoms with van der Waals surface area (Å²) in [5.74, 6) is 1.48. The molecule has 0 spiro atoms. The quantitative estimate of drug-likeness (QED) is 0.425. The van der Waals surface area contributed by atoms with Gasteiger partial charge in [0.15, 0.2) is 6.10 Å². The molecule has 0 heterocycles. The van der Waals surface area contributed by atoms with E-state index >= 15 is 0 Å². The van der Waals surface area contributed by atoms with E-state index < -0.39 is 12.3 Å². The summed E-state index contributed by atoms with van der Waals surface area (Å²) in [7, 11) is 0. The van der Waals surface area contributed by atoms with E-state index in [-0.39, 0.29) is 29.3 Å². The SMILES string of the molecule is CCC(OC1CC(C(C)C(C)(C)C)C1C(CC)C(C)(C)CC)C(F)(F)F. The Bertz CT molecular complexity index is 436. The van der Waals surface area contributed by atoms with E-state index in [4.69, 9.17) is 4.74 Å². The molecule has 26 heavy (non-hydrogen) atoms. The minimum Gasteiger partial charge on any atom is -0.365 e. The van der Waals surface area contributed by atoms with Gasteiger partial charge >= 0.3 is 6.18 Å². The fraction of sp³-hybridized carbons (Fsp3) is 1.00. The molecule has 156 valence electrons. The van der Waals surface area contributed by atoms with Crippen LogP contribution in [-0.4, -0.2) is 18.4 Å². The van der Waals surface area contributed by atoms with Crippen LogP contribution in [0.15, 0.2) is 0 Å². The lowest BCUT2D eigenvalue weighted by atomic mass is 9.51. The zero-order valence-electron chi connectivity index (χ0n) is 18.3. The number of halogens is 3. The first kappa shape index (κ1) is 23.8. The van der Waals surface area contributed by atoms with Crippen LogP contribution in [0.2, 0.25) is 0 Å². The van der Waals surface area contributed by atoms with Crippen LogP contribution in [0.5, 0.6) is 0 Å². The van der Waals surface area contributed by atoms with Gasteiger partial charge in [-0.3, -0.25) is 0 Å². The molecule has 0 aliphatic heterocycles. The third kappa shape index (κ3) is 5.17. The Labute approximate surface area is 159 Å². The van der Waals surface area contributed by atoms with Crippen LogP contribution < -0.4 is 0 Å². The minimum absolute atomic E-state index is 0.0137. The van der Waals surface area contributed by atoms with Crippen molar-refractivity contribution in [3.8, 4) is 0 Å². The van der Waals surface area contributed by atoms with Crippen LogP contribution in [0.25, 0.3) is 0 Å². The first-order valence-corrected chi connectivity index (χ1v) is 10.4. The molecule has 0 aromatic rings. The zero-order valence-corrected chi connectivity index (χ0v) is 18.3. The van der Waals surface area contributed by atoms with Gasteiger partial charge in [-0.25, -0.2) is 0 Å². The molecule has 1 aliphatic rings. The molecule has 0 N–H and O–H groups in total. The van der Waals surface area contributed by atoms with Crippen LogP contribution in [0, 0.1) is 34.5 Å². The molecule has 1 fully saturated rings. The number of ether oxygens (including phenoxy) is 1. The van der Waals surface area contributed by atoms with E-state index in [0.717, 1.165) is 19.3 Å². The molecule has 0 saturated heterocycles. The molecule has 1 saturated carbocycles. The molecular formula is C22H41F3O. The van der Waals surface area contributed by atoms with E-state index in [9.17, 15) is 13.2 Å². The standard InChI is InChI=1S/C22H41F3O/c1-10-16(21(8,9)12-3)19-15(14(4)20(5,6)7)13-17(19)26-18(11-2)22(23,24)25/h14-19H,10-13H2,1-9H3. The first-order chi connectivity index (χ1) is 11.7. The van der Waals surface area contributed by atoms with E-state index in [1.54, 1.807) is 6.92 Å². The Morgan fingerprint density at radius 3 is 1.85 bits per heavy atom. The molecule has 4 heteroatoms. The van der Waals surface area contributed by atoms with Crippen molar-refractivity contribution < 1.29 is 17.9 Å². The van der Waals surface area contributed by atoms with Crippen molar-refractivity contribution in [3.05, 3.63) is 0 Å². The number of rotatable bonds is 8. The average molecular weight is 379 g/mol. The smallest absolute Gasteiger partial charge is 0.365 e. The van der Waals surface area contributed by atoms with Gasteiger partial charge in [-0.2, -0.15) is 13.2 Å². The second-order valence-corrected chi connectivity index (χ2v) is 10.1. The fourth-order valence-corrected chi connectivity index (χ4v) is 4.77. The molecule has 0 radical (unpaired) electrons. The molecule has 0 aromatic heterocycles. The maximum absolute atomic E-state index is 13.3. The summed E-state index contributed by atoms with van der Waals surface area (Å²) < 4.78 is 45.5. The highest BCUT2D eigenvalue weighted by Crippen LogP contribution is 2.56. The Morgan fingerprint density at radius 1 is 0.962 bits per heavy atom. The highest BCUT2D eigenvalue weighted by molar-refractivity contribution is 5.01. The lowest BCUT2D eigenvalue weighted by molar-refractivity contribution is -0.267. The van der Waals surface area contributed by atoms with Crippen molar-refractivity contribution in [2.75, 3.05) is 0 Å². The van der Waals surface area contributed by atoms with Gasteiger partial charge in [-0.1, -0.05) is 75.2 Å². The van der Waals surface area contributed by atoms with Crippen molar-refractivity contribution in [3.63, 3.8) is 0 Å². The van der Waals surface area contributed by atoms with E-state index in [1.165, 1.54) is 0 Å². The van der Waals surface area contributed by atoms with Crippen LogP contribution >= 0.6 is 0 Å². The predicted octanol–water partition coefficient (Wildman–Crippen LogP) is 7.49. The van der Waals surface area contributed by atoms with Gasteiger partial charge in [0, 0.05) is 0 Å². The van der Waals surface area contributed by atoms with Crippen molar-refractivity contribution in [1.29, 1.82) is 0 Å². The highest BCUT2D eigenvalue weighted by Gasteiger charge is 2.54. The maximum atomic E-state index is 13.3. The summed E-state index contributed by atoms with van der Waals surface area (Å²) in [6, 6.07) is 0. The van der Waals surface area contributed by atoms with Gasteiger partial charge in [0.05, 0.1) is 6.10 Å². The summed E-state index contributed by atoms with van der Waals surface area (Å²) in [6.07, 6.45) is -3.42. The number of alkyl halides is 3. The summed E-state index contributed by atoms with van der Waals surface area (Å²) in [5.41, 5.74) is 0.258. The van der Waals surface area contributed by atoms with E-state index in [2.05, 4.69) is 55.4 Å². The lowest BCUT2D eigenvalue weighted by Crippen LogP contribution is -2.56. The molecule has 0 amide bonds. The Hall–Kier alpha value is -0.250. The minimum atomic E-state index is -4.28. The van der Waals surface area contributed by atoms with Gasteiger partial charge in [0.2, 0.25) is 0 Å². The van der Waals surface area contributed by atoms with Crippen molar-refractivity contribution >= 4 is 0 Å². The normalized spacial score (nSPS) is 28.4. The largest absolute Gasteiger partial charge is 0.414 e. The van der Waals surface area contributed by atoms with Gasteiger partial charge in [0.1, 0.15) is 0 Å². The summed E-state index contributed by atoms with van der Waals surface area (Å²) in [5, 5.41) is 0. The molecular weight excluding hydrogens is 337 g/mol. The highest BCUT2D eigenvalue weighted by atomic mass is 19.4. The Morgan fingerprint density at radius 2 is 1.50 bits per heavy atom. The summed E-state index contributed by atoms with van der Waals surface area (Å²) in [6.45, 7) is 19.4. The molecule has 6 unspecified atom stereocenters. The van der Waals surface area contributed by atoms with Crippen LogP contribution in [0.3, 0.4) is 0 Å². The topological polar surface area (TPSA) is 9.23 Å². The Kier molecular flexibility index (Phi) is 7.69. The molecule has 1 rings (SSSR count). The van der Waals surface area contributed by atoms with Gasteiger partial charge in [0.25, 0.3) is 0 Å². The monoisotopic (exact) mass is 378 g/mol. The van der Waals surface area contributed by atoms with E-state index in [0.29, 0.717) is 17.8 Å². The third-order valence-corrected chi connectivity index (χ3v) is 7.33. The average Bonchev–Trinajstić information content (AvgIpc) is 2.48. The number of hydrogen-bond donors (Lipinski definition) is 0. The molecule has 1 aliphatic carbocycles. The summed E-state index contributed by atoms with van der Waals surface area (Å²) in [4.78, 5) is 0. The fourth-order valence-electron chi connectivity index (χ4n) is 4.77. The van der Waals surface area contributed by atoms with Crippen LogP contribution in [0.4, 0.5) is 13.2 Å². The van der Waals surface area contributed by atoms with Crippen molar-refractivity contribution in [2.45, 2.75) is 106 Å². The second kappa shape index (κ2) is 8.41. The zero-order chi connectivity index (χ0) is 20.5. The van der Waals surface area contributed by atoms with Crippen molar-refractivity contribution in [2.24, 2.45) is 34.5 Å². The van der Waals surface area contributed by atoms with Crippen LogP contribution in [0.1, 0.15) is 88.0 Å². The lowest BCUT2D eigenvalue weighted by Gasteiger charge is -2.57. The van der Waals surface area contributed by atoms with E-state index in [1.807, 2.05) is 0 Å². The molecule has 0 aromatic carbocycles. The summed E-state index contributed by atoms with van der Waals surface area (Å²) >= 11 is 0. The Balaban J connectivity index is 3.12. The third-order valence-electron chi connectivity index (χ3n) is 7.33. The number of hydrogen-bond acceptors (Lipinski definition) is 1. The van der Waals surface area contributed by atoms with Crippen molar-refractivity contribution in [1.82, 2.24) is 0 Å². The predicted molar refractivity (Wildman–Crippen MR) is 103 cm³/mol. The molecule has 6 atom stereocenters. The molecule has 0 bridgehead atoms. The van der Waals surface area contributed by atoms with Crippen LogP contribution in [-0.2, 0) is 4.74 Å². The maximum Gasteiger partial charge on any atom is 0.414 e. The second-order valence-electron chi connectivity index (χ2n) is 10.1. The first-order valence-electron chi connectivity index (χ1n) is 10.4.